The van der Waals surface area contributed by atoms with Crippen molar-refractivity contribution in [1.29, 1.82) is 0 Å². The normalized spacial score (nSPS) is 15.8. The Morgan fingerprint density at radius 3 is 2.42 bits per heavy atom. The van der Waals surface area contributed by atoms with E-state index in [1.807, 2.05) is 32.7 Å². The van der Waals surface area contributed by atoms with Gasteiger partial charge < -0.3 is 14.9 Å². The lowest BCUT2D eigenvalue weighted by Crippen LogP contribution is -2.53. The lowest BCUT2D eigenvalue weighted by molar-refractivity contribution is -0.324. The van der Waals surface area contributed by atoms with Gasteiger partial charge in [0.15, 0.2) is 5.43 Å². The Balaban J connectivity index is 2.01. The van der Waals surface area contributed by atoms with Crippen molar-refractivity contribution in [3.8, 4) is 17.0 Å². The number of halogens is 4. The number of alkyl halides is 3. The Morgan fingerprint density at radius 2 is 1.85 bits per heavy atom. The summed E-state index contributed by atoms with van der Waals surface area (Å²) in [4.78, 5) is 24.0. The monoisotopic (exact) mass is 488 g/mol. The summed E-state index contributed by atoms with van der Waals surface area (Å²) >= 11 is 6.38. The highest BCUT2D eigenvalue weighted by molar-refractivity contribution is 6.32. The molecule has 1 aliphatic rings. The van der Waals surface area contributed by atoms with Crippen LogP contribution in [0, 0.1) is 0 Å². The minimum atomic E-state index is -4.69. The number of aromatic carboxylic acids is 1. The molecule has 1 aromatic heterocycles. The van der Waals surface area contributed by atoms with Crippen molar-refractivity contribution < 1.29 is 32.5 Å². The summed E-state index contributed by atoms with van der Waals surface area (Å²) in [5.74, 6) is -1.03. The predicted octanol–water partition coefficient (Wildman–Crippen LogP) is 4.98. The smallest absolute Gasteiger partial charge is 0.492 e. The van der Waals surface area contributed by atoms with Gasteiger partial charge in [0, 0.05) is 29.8 Å². The van der Waals surface area contributed by atoms with Gasteiger partial charge in [0.25, 0.3) is 0 Å². The highest BCUT2D eigenvalue weighted by Gasteiger charge is 2.36. The molecule has 1 aliphatic heterocycles. The molecule has 0 saturated carbocycles. The Morgan fingerprint density at radius 1 is 1.18 bits per heavy atom. The molecule has 11 heteroatoms. The Kier molecular flexibility index (Phi) is 6.72. The molecule has 3 rings (SSSR count). The van der Waals surface area contributed by atoms with Gasteiger partial charge in [-0.3, -0.25) is 14.2 Å². The van der Waals surface area contributed by atoms with E-state index < -0.39 is 29.9 Å². The van der Waals surface area contributed by atoms with E-state index in [1.54, 1.807) is 16.8 Å². The second-order valence-corrected chi connectivity index (χ2v) is 9.05. The van der Waals surface area contributed by atoms with Crippen LogP contribution >= 0.6 is 11.6 Å². The van der Waals surface area contributed by atoms with E-state index in [4.69, 9.17) is 16.3 Å². The molecule has 1 N–H and O–H groups in total. The standard InChI is InChI=1S/C22H24ClF3N2O5/c1-12-13-9-19(32-6-5-7-33-22(24,25)26)16(23)8-14(13)17-10-18(29)15(20(30)31)11-27(17)28(12)21(2,3)4/h8-12H,5-7H2,1-4H3,(H,30,31). The van der Waals surface area contributed by atoms with Crippen LogP contribution in [0.5, 0.6) is 5.75 Å². The van der Waals surface area contributed by atoms with Crippen molar-refractivity contribution in [2.24, 2.45) is 0 Å². The fraction of sp³-hybridized carbons (Fsp3) is 0.455. The highest BCUT2D eigenvalue weighted by atomic mass is 35.5. The van der Waals surface area contributed by atoms with Crippen LogP contribution in [0.25, 0.3) is 11.3 Å². The van der Waals surface area contributed by atoms with Gasteiger partial charge in [-0.05, 0) is 45.4 Å². The van der Waals surface area contributed by atoms with Crippen molar-refractivity contribution in [3.63, 3.8) is 0 Å². The van der Waals surface area contributed by atoms with E-state index in [-0.39, 0.29) is 29.7 Å². The number of aromatic nitrogens is 1. The average molecular weight is 489 g/mol. The maximum atomic E-state index is 12.4. The SMILES string of the molecule is CC1c2cc(OCCCOC(F)(F)F)c(Cl)cc2-c2cc(=O)c(C(=O)O)cn2N1C(C)(C)C. The largest absolute Gasteiger partial charge is 0.522 e. The summed E-state index contributed by atoms with van der Waals surface area (Å²) in [7, 11) is 0. The zero-order valence-corrected chi connectivity index (χ0v) is 19.3. The Labute approximate surface area is 193 Å². The minimum absolute atomic E-state index is 0.00673. The van der Waals surface area contributed by atoms with Gasteiger partial charge >= 0.3 is 12.3 Å². The van der Waals surface area contributed by atoms with Crippen LogP contribution in [0.1, 0.15) is 56.1 Å². The third kappa shape index (κ3) is 5.27. The zero-order chi connectivity index (χ0) is 24.7. The van der Waals surface area contributed by atoms with E-state index in [0.717, 1.165) is 5.56 Å². The van der Waals surface area contributed by atoms with E-state index in [2.05, 4.69) is 4.74 Å². The number of pyridine rings is 1. The molecule has 2 heterocycles. The third-order valence-electron chi connectivity index (χ3n) is 5.19. The summed E-state index contributed by atoms with van der Waals surface area (Å²) in [6.45, 7) is 7.19. The number of carbonyl (C=O) groups is 1. The quantitative estimate of drug-likeness (QED) is 0.577. The predicted molar refractivity (Wildman–Crippen MR) is 117 cm³/mol. The van der Waals surface area contributed by atoms with Crippen molar-refractivity contribution in [3.05, 3.63) is 50.8 Å². The van der Waals surface area contributed by atoms with E-state index in [9.17, 15) is 27.9 Å². The van der Waals surface area contributed by atoms with Crippen LogP contribution in [-0.2, 0) is 4.74 Å². The molecule has 1 unspecified atom stereocenters. The fourth-order valence-electron chi connectivity index (χ4n) is 3.96. The highest BCUT2D eigenvalue weighted by Crippen LogP contribution is 2.43. The number of fused-ring (bicyclic) bond motifs is 3. The molecule has 0 amide bonds. The van der Waals surface area contributed by atoms with E-state index in [0.29, 0.717) is 17.0 Å². The molecule has 1 aromatic carbocycles. The summed E-state index contributed by atoms with van der Waals surface area (Å²) in [5, 5.41) is 11.6. The number of rotatable bonds is 6. The van der Waals surface area contributed by atoms with E-state index >= 15 is 0 Å². The van der Waals surface area contributed by atoms with Crippen molar-refractivity contribution in [1.82, 2.24) is 4.68 Å². The van der Waals surface area contributed by atoms with Crippen LogP contribution in [-0.4, -0.2) is 40.9 Å². The first kappa shape index (κ1) is 24.9. The summed E-state index contributed by atoms with van der Waals surface area (Å²) < 4.78 is 47.3. The van der Waals surface area contributed by atoms with E-state index in [1.165, 1.54) is 12.3 Å². The number of nitrogens with zero attached hydrogens (tertiary/aromatic N) is 2. The molecular weight excluding hydrogens is 465 g/mol. The molecule has 7 nitrogen and oxygen atoms in total. The molecule has 0 fully saturated rings. The maximum Gasteiger partial charge on any atom is 0.522 e. The van der Waals surface area contributed by atoms with Gasteiger partial charge in [0.05, 0.1) is 30.0 Å². The Bertz CT molecular complexity index is 1120. The first-order chi connectivity index (χ1) is 15.2. The summed E-state index contributed by atoms with van der Waals surface area (Å²) in [6.07, 6.45) is -3.38. The molecule has 0 aliphatic carbocycles. The average Bonchev–Trinajstić information content (AvgIpc) is 2.66. The summed E-state index contributed by atoms with van der Waals surface area (Å²) in [6, 6.07) is 4.30. The van der Waals surface area contributed by atoms with Crippen molar-refractivity contribution in [2.75, 3.05) is 18.2 Å². The van der Waals surface area contributed by atoms with Crippen LogP contribution in [0.3, 0.4) is 0 Å². The van der Waals surface area contributed by atoms with Gasteiger partial charge in [-0.2, -0.15) is 0 Å². The second kappa shape index (κ2) is 8.90. The zero-order valence-electron chi connectivity index (χ0n) is 18.5. The van der Waals surface area contributed by atoms with Gasteiger partial charge in [0.2, 0.25) is 0 Å². The van der Waals surface area contributed by atoms with Crippen molar-refractivity contribution >= 4 is 17.6 Å². The lowest BCUT2D eigenvalue weighted by atomic mass is 9.92. The molecule has 0 spiro atoms. The number of ether oxygens (including phenoxy) is 2. The number of carboxylic acids is 1. The second-order valence-electron chi connectivity index (χ2n) is 8.64. The molecule has 1 atom stereocenters. The third-order valence-corrected chi connectivity index (χ3v) is 5.49. The van der Waals surface area contributed by atoms with Crippen LogP contribution < -0.4 is 15.2 Å². The summed E-state index contributed by atoms with van der Waals surface area (Å²) in [5.41, 5.74) is 0.430. The number of benzene rings is 1. The molecule has 2 aromatic rings. The van der Waals surface area contributed by atoms with Gasteiger partial charge in [-0.25, -0.2) is 4.79 Å². The number of carboxylic acid groups (broad SMARTS) is 1. The Hall–Kier alpha value is -2.72. The molecule has 0 bridgehead atoms. The molecule has 180 valence electrons. The number of hydrogen-bond acceptors (Lipinski definition) is 5. The first-order valence-electron chi connectivity index (χ1n) is 10.2. The van der Waals surface area contributed by atoms with Gasteiger partial charge in [-0.15, -0.1) is 13.2 Å². The first-order valence-corrected chi connectivity index (χ1v) is 10.6. The van der Waals surface area contributed by atoms with Gasteiger partial charge in [0.1, 0.15) is 11.3 Å². The number of hydrogen-bond donors (Lipinski definition) is 1. The lowest BCUT2D eigenvalue weighted by Gasteiger charge is -2.48. The maximum absolute atomic E-state index is 12.4. The topological polar surface area (TPSA) is 81.0 Å². The van der Waals surface area contributed by atoms with Crippen LogP contribution in [0.4, 0.5) is 13.2 Å². The molecule has 0 saturated heterocycles. The van der Waals surface area contributed by atoms with Crippen LogP contribution in [0.15, 0.2) is 29.2 Å². The van der Waals surface area contributed by atoms with Gasteiger partial charge in [-0.1, -0.05) is 11.6 Å². The molecular formula is C22H24ClF3N2O5. The minimum Gasteiger partial charge on any atom is -0.492 e. The molecule has 0 radical (unpaired) electrons. The fourth-order valence-corrected chi connectivity index (χ4v) is 4.18. The van der Waals surface area contributed by atoms with Crippen molar-refractivity contribution in [2.45, 2.75) is 52.1 Å². The molecule has 33 heavy (non-hydrogen) atoms. The van der Waals surface area contributed by atoms with Crippen LogP contribution in [0.2, 0.25) is 5.02 Å².